The van der Waals surface area contributed by atoms with Gasteiger partial charge >= 0.3 is 5.97 Å². The molecule has 2 saturated heterocycles. The third-order valence-corrected chi connectivity index (χ3v) is 14.4. The minimum Gasteiger partial charge on any atom is -0.506 e. The molecule has 3 aromatic rings. The van der Waals surface area contributed by atoms with Crippen LogP contribution in [0.4, 0.5) is 0 Å². The number of aromatic nitrogens is 2. The summed E-state index contributed by atoms with van der Waals surface area (Å²) >= 11 is 6.18. The van der Waals surface area contributed by atoms with Crippen LogP contribution in [0, 0.1) is 5.92 Å². The van der Waals surface area contributed by atoms with E-state index in [1.165, 1.54) is 48.4 Å². The maximum absolute atomic E-state index is 14.8. The number of aromatic amines is 1. The van der Waals surface area contributed by atoms with Crippen LogP contribution in [0.25, 0.3) is 0 Å². The Morgan fingerprint density at radius 1 is 0.833 bits per heavy atom. The van der Waals surface area contributed by atoms with Crippen LogP contribution >= 0.6 is 33.2 Å². The number of phenols is 1. The molecule has 0 radical (unpaired) electrons. The van der Waals surface area contributed by atoms with Gasteiger partial charge in [-0.15, -0.1) is 0 Å². The molecule has 3 heterocycles. The minimum absolute atomic E-state index is 0.0837. The Hall–Kier alpha value is -6.37. The number of imidazole rings is 1. The van der Waals surface area contributed by atoms with Gasteiger partial charge in [-0.25, -0.2) is 4.98 Å². The van der Waals surface area contributed by atoms with E-state index in [1.807, 2.05) is 13.8 Å². The van der Waals surface area contributed by atoms with E-state index < -0.39 is 114 Å². The molecule has 2 aliphatic heterocycles. The van der Waals surface area contributed by atoms with Crippen LogP contribution in [-0.4, -0.2) is 156 Å². The molecule has 390 valence electrons. The van der Waals surface area contributed by atoms with Gasteiger partial charge in [0.2, 0.25) is 47.3 Å². The van der Waals surface area contributed by atoms with Crippen molar-refractivity contribution < 1.29 is 58.5 Å². The van der Waals surface area contributed by atoms with Gasteiger partial charge in [-0.05, 0) is 42.5 Å². The van der Waals surface area contributed by atoms with Crippen LogP contribution in [0.2, 0.25) is 5.02 Å². The lowest BCUT2D eigenvalue weighted by molar-refractivity contribution is -0.142. The molecule has 25 heteroatoms. The average Bonchev–Trinajstić information content (AvgIpc) is 3.99. The number of fused-ring (bicyclic) bond motifs is 1. The molecule has 0 saturated carbocycles. The fourth-order valence-electron chi connectivity index (χ4n) is 8.03. The van der Waals surface area contributed by atoms with Crippen molar-refractivity contribution in [3.05, 3.63) is 82.9 Å². The zero-order valence-electron chi connectivity index (χ0n) is 40.0. The number of nitrogens with one attached hydrogen (secondary N) is 8. The lowest BCUT2D eigenvalue weighted by Gasteiger charge is -2.31. The molecule has 72 heavy (non-hydrogen) atoms. The number of aliphatic carboxylic acids is 1. The van der Waals surface area contributed by atoms with Crippen molar-refractivity contribution >= 4 is 86.4 Å². The Labute approximate surface area is 428 Å². The summed E-state index contributed by atoms with van der Waals surface area (Å²) in [6.07, 6.45) is 0.117. The van der Waals surface area contributed by atoms with Gasteiger partial charge in [-0.1, -0.05) is 83.4 Å². The van der Waals surface area contributed by atoms with E-state index in [9.17, 15) is 58.5 Å². The lowest BCUT2D eigenvalue weighted by atomic mass is 10.0. The highest BCUT2D eigenvalue weighted by Gasteiger charge is 2.43. The molecule has 9 atom stereocenters. The predicted molar refractivity (Wildman–Crippen MR) is 267 cm³/mol. The van der Waals surface area contributed by atoms with E-state index in [2.05, 4.69) is 47.2 Å². The number of amides is 8. The highest BCUT2D eigenvalue weighted by atomic mass is 35.5. The van der Waals surface area contributed by atoms with Gasteiger partial charge < -0.3 is 62.4 Å². The SMILES string of the molecule is CC(=O)N[C@H](Cc1ccccc1)C(=O)N[C@H](Cc1cnc[nH]1)C(=O)N[C@@H]1CSSC[C@H](C)NC(=O)[C@@H](CC(C)C)NC(=O)[C@@H](CC(=O)O)NC(=O)[C@@H](Cc2ccc(O)c(Cl)c2)NC(=O)[C@H]2CC(O)CN2C1=O. The topological polar surface area (TPSA) is 330 Å². The van der Waals surface area contributed by atoms with E-state index in [4.69, 9.17) is 11.6 Å². The third-order valence-electron chi connectivity index (χ3n) is 11.5. The van der Waals surface area contributed by atoms with E-state index in [0.29, 0.717) is 11.3 Å². The molecular formula is C47H61ClN10O12S2. The molecule has 5 rings (SSSR count). The van der Waals surface area contributed by atoms with Crippen molar-refractivity contribution in [2.24, 2.45) is 5.92 Å². The number of rotatable bonds is 15. The third kappa shape index (κ3) is 17.2. The Morgan fingerprint density at radius 3 is 2.14 bits per heavy atom. The van der Waals surface area contributed by atoms with Crippen LogP contribution in [0.3, 0.4) is 0 Å². The van der Waals surface area contributed by atoms with Crippen molar-refractivity contribution in [2.45, 2.75) is 121 Å². The molecule has 2 aliphatic rings. The normalized spacial score (nSPS) is 23.6. The standard InChI is InChI=1S/C47H61ClN10O12S2/c1-24(2)12-32-41(64)51-25(3)21-71-72-22-37(57-44(67)35(16-29-19-49-23-50-29)54-42(65)33(52-26(4)59)14-27-8-6-5-7-9-27)47(70)58-20-30(60)17-38(58)46(69)56-34(15-28-10-11-39(61)31(48)13-28)43(66)55-36(18-40(62)63)45(68)53-32/h5-11,13,19,23-25,30,32-38,60-61H,12,14-18,20-22H2,1-4H3,(H,49,50)(H,51,64)(H,52,59)(H,53,68)(H,54,65)(H,55,66)(H,56,69)(H,57,67)(H,62,63)/t25-,30?,32+,33+,34+,35+,36+,37+,38+/m0/s1. The molecule has 0 spiro atoms. The van der Waals surface area contributed by atoms with Crippen LogP contribution in [0.15, 0.2) is 61.1 Å². The van der Waals surface area contributed by atoms with E-state index in [1.54, 1.807) is 37.3 Å². The second kappa shape index (κ2) is 26.9. The average molecular weight is 1060 g/mol. The molecule has 0 aliphatic carbocycles. The minimum atomic E-state index is -1.74. The number of halogens is 1. The number of carbonyl (C=O) groups is 9. The van der Waals surface area contributed by atoms with Gasteiger partial charge in [0.25, 0.3) is 0 Å². The molecule has 11 N–H and O–H groups in total. The molecular weight excluding hydrogens is 996 g/mol. The van der Waals surface area contributed by atoms with Crippen molar-refractivity contribution in [2.75, 3.05) is 18.1 Å². The highest BCUT2D eigenvalue weighted by Crippen LogP contribution is 2.27. The van der Waals surface area contributed by atoms with Gasteiger partial charge in [0.15, 0.2) is 0 Å². The van der Waals surface area contributed by atoms with Crippen LogP contribution in [0.5, 0.6) is 5.75 Å². The number of nitrogens with zero attached hydrogens (tertiary/aromatic N) is 2. The molecule has 2 fully saturated rings. The summed E-state index contributed by atoms with van der Waals surface area (Å²) in [5.41, 5.74) is 1.48. The first kappa shape index (κ1) is 56.5. The van der Waals surface area contributed by atoms with Gasteiger partial charge in [0.05, 0.1) is 23.9 Å². The Kier molecular flexibility index (Phi) is 21.1. The van der Waals surface area contributed by atoms with E-state index in [0.717, 1.165) is 21.3 Å². The number of aliphatic hydroxyl groups is 1. The number of carboxylic acid groups (broad SMARTS) is 1. The number of phenolic OH excluding ortho intramolecular Hbond substituents is 1. The zero-order chi connectivity index (χ0) is 52.6. The maximum Gasteiger partial charge on any atom is 0.305 e. The second-order valence-electron chi connectivity index (χ2n) is 18.1. The van der Waals surface area contributed by atoms with Crippen LogP contribution in [0.1, 0.15) is 63.8 Å². The molecule has 22 nitrogen and oxygen atoms in total. The Morgan fingerprint density at radius 2 is 1.49 bits per heavy atom. The van der Waals surface area contributed by atoms with Gasteiger partial charge in [-0.3, -0.25) is 43.2 Å². The zero-order valence-corrected chi connectivity index (χ0v) is 42.4. The summed E-state index contributed by atoms with van der Waals surface area (Å²) in [7, 11) is 2.38. The number of aromatic hydroxyl groups is 1. The first-order chi connectivity index (χ1) is 34.2. The largest absolute Gasteiger partial charge is 0.506 e. The number of hydrogen-bond donors (Lipinski definition) is 11. The fourth-order valence-corrected chi connectivity index (χ4v) is 10.7. The lowest BCUT2D eigenvalue weighted by Crippen LogP contribution is -2.61. The number of carbonyl (C=O) groups excluding carboxylic acids is 8. The monoisotopic (exact) mass is 1060 g/mol. The quantitative estimate of drug-likeness (QED) is 0.0901. The highest BCUT2D eigenvalue weighted by molar-refractivity contribution is 8.76. The number of H-pyrrole nitrogens is 1. The number of benzene rings is 2. The Balaban J connectivity index is 1.50. The first-order valence-electron chi connectivity index (χ1n) is 23.2. The van der Waals surface area contributed by atoms with E-state index in [-0.39, 0.29) is 66.8 Å². The summed E-state index contributed by atoms with van der Waals surface area (Å²) in [5.74, 6) is -8.12. The molecule has 2 aromatic carbocycles. The first-order valence-corrected chi connectivity index (χ1v) is 26.1. The van der Waals surface area contributed by atoms with Crippen molar-refractivity contribution in [1.82, 2.24) is 52.1 Å². The van der Waals surface area contributed by atoms with Gasteiger partial charge in [0.1, 0.15) is 48.0 Å². The van der Waals surface area contributed by atoms with Crippen LogP contribution in [-0.2, 0) is 62.4 Å². The number of carboxylic acids is 1. The number of hydrogen-bond acceptors (Lipinski definition) is 14. The molecule has 8 amide bonds. The van der Waals surface area contributed by atoms with Crippen molar-refractivity contribution in [3.8, 4) is 5.75 Å². The van der Waals surface area contributed by atoms with Crippen LogP contribution < -0.4 is 37.2 Å². The second-order valence-corrected chi connectivity index (χ2v) is 21.1. The summed E-state index contributed by atoms with van der Waals surface area (Å²) in [6, 6.07) is 2.55. The smallest absolute Gasteiger partial charge is 0.305 e. The van der Waals surface area contributed by atoms with Gasteiger partial charge in [0, 0.05) is 68.6 Å². The molecule has 1 aromatic heterocycles. The van der Waals surface area contributed by atoms with Gasteiger partial charge in [-0.2, -0.15) is 0 Å². The summed E-state index contributed by atoms with van der Waals surface area (Å²) in [4.78, 5) is 132. The summed E-state index contributed by atoms with van der Waals surface area (Å²) in [5, 5.41) is 49.4. The van der Waals surface area contributed by atoms with E-state index >= 15 is 0 Å². The molecule has 0 bridgehead atoms. The Bertz CT molecular complexity index is 2420. The van der Waals surface area contributed by atoms with Crippen molar-refractivity contribution in [1.29, 1.82) is 0 Å². The maximum atomic E-state index is 14.8. The van der Waals surface area contributed by atoms with Crippen molar-refractivity contribution in [3.63, 3.8) is 0 Å². The predicted octanol–water partition coefficient (Wildman–Crippen LogP) is 0.108. The number of aliphatic hydroxyl groups excluding tert-OH is 1. The summed E-state index contributed by atoms with van der Waals surface area (Å²) in [6.45, 7) is 6.21. The fraction of sp³-hybridized carbons (Fsp3) is 0.489. The summed E-state index contributed by atoms with van der Waals surface area (Å²) < 4.78 is 0. The molecule has 1 unspecified atom stereocenters.